The summed E-state index contributed by atoms with van der Waals surface area (Å²) < 4.78 is 0. The van der Waals surface area contributed by atoms with Gasteiger partial charge in [0, 0.05) is 12.6 Å². The summed E-state index contributed by atoms with van der Waals surface area (Å²) in [5.74, 6) is 1.81. The van der Waals surface area contributed by atoms with Crippen molar-refractivity contribution in [3.63, 3.8) is 0 Å². The van der Waals surface area contributed by atoms with Crippen molar-refractivity contribution < 1.29 is 0 Å². The lowest BCUT2D eigenvalue weighted by Gasteiger charge is -2.37. The van der Waals surface area contributed by atoms with Crippen LogP contribution >= 0.6 is 0 Å². The maximum Gasteiger partial charge on any atom is 0.00387 e. The van der Waals surface area contributed by atoms with Gasteiger partial charge in [-0.1, -0.05) is 42.5 Å². The minimum atomic E-state index is 0. The van der Waals surface area contributed by atoms with Crippen molar-refractivity contribution in [2.45, 2.75) is 75.3 Å². The molecule has 102 valence electrons. The van der Waals surface area contributed by atoms with Crippen LogP contribution in [-0.4, -0.2) is 24.0 Å². The van der Waals surface area contributed by atoms with Crippen molar-refractivity contribution in [3.05, 3.63) is 0 Å². The lowest BCUT2D eigenvalue weighted by molar-refractivity contribution is 0.117. The highest BCUT2D eigenvalue weighted by molar-refractivity contribution is 4.76. The molecule has 1 heterocycles. The predicted octanol–water partition coefficient (Wildman–Crippen LogP) is 5.06. The van der Waals surface area contributed by atoms with Gasteiger partial charge in [-0.05, 0) is 45.1 Å². The third kappa shape index (κ3) is 7.27. The van der Waals surface area contributed by atoms with Crippen LogP contribution in [0.4, 0.5) is 0 Å². The van der Waals surface area contributed by atoms with Crippen LogP contribution in [0.2, 0.25) is 0 Å². The maximum absolute atomic E-state index is 2.62. The summed E-state index contributed by atoms with van der Waals surface area (Å²) in [6, 6.07) is 0.742. The van der Waals surface area contributed by atoms with Crippen LogP contribution in [-0.2, 0) is 0 Å². The van der Waals surface area contributed by atoms with Crippen LogP contribution in [0.15, 0.2) is 0 Å². The Balaban J connectivity index is -0.000000399. The monoisotopic (exact) mass is 231 g/mol. The molecule has 1 saturated heterocycles. The summed E-state index contributed by atoms with van der Waals surface area (Å²) in [6.07, 6.45) is 2.85. The van der Waals surface area contributed by atoms with Crippen molar-refractivity contribution >= 4 is 0 Å². The fraction of sp³-hybridized carbons (Fsp3) is 1.00. The molecule has 16 heavy (non-hydrogen) atoms. The summed E-state index contributed by atoms with van der Waals surface area (Å²) in [7, 11) is 0. The standard InChI is InChI=1S/C11H23N.C2H6.2CH4/c1-9(2)11-6-5-7-12(8-11)10(3)4;1-2;;/h9-11H,5-8H2,1-4H3;1-2H3;2*1H4. The average Bonchev–Trinajstić information content (AvgIpc) is 2.21. The molecule has 0 saturated carbocycles. The number of hydrogen-bond acceptors (Lipinski definition) is 1. The normalized spacial score (nSPS) is 20.6. The number of piperidine rings is 1. The van der Waals surface area contributed by atoms with Crippen LogP contribution < -0.4 is 0 Å². The van der Waals surface area contributed by atoms with Gasteiger partial charge in [0.25, 0.3) is 0 Å². The lowest BCUT2D eigenvalue weighted by Crippen LogP contribution is -2.41. The molecule has 0 aromatic carbocycles. The van der Waals surface area contributed by atoms with Crippen LogP contribution in [0.1, 0.15) is 69.2 Å². The fourth-order valence-corrected chi connectivity index (χ4v) is 2.05. The zero-order chi connectivity index (χ0) is 11.1. The van der Waals surface area contributed by atoms with E-state index in [1.807, 2.05) is 13.8 Å². The van der Waals surface area contributed by atoms with Crippen molar-refractivity contribution in [2.24, 2.45) is 11.8 Å². The van der Waals surface area contributed by atoms with Gasteiger partial charge in [0.1, 0.15) is 0 Å². The van der Waals surface area contributed by atoms with Crippen molar-refractivity contribution in [1.29, 1.82) is 0 Å². The summed E-state index contributed by atoms with van der Waals surface area (Å²) in [5, 5.41) is 0. The number of likely N-dealkylation sites (tertiary alicyclic amines) is 1. The first-order valence-electron chi connectivity index (χ1n) is 6.35. The Hall–Kier alpha value is -0.0400. The van der Waals surface area contributed by atoms with E-state index in [1.165, 1.54) is 25.9 Å². The van der Waals surface area contributed by atoms with Crippen LogP contribution in [0.25, 0.3) is 0 Å². The minimum Gasteiger partial charge on any atom is -0.301 e. The highest BCUT2D eigenvalue weighted by Gasteiger charge is 2.23. The molecule has 0 spiro atoms. The van der Waals surface area contributed by atoms with Gasteiger partial charge in [-0.15, -0.1) is 0 Å². The van der Waals surface area contributed by atoms with E-state index in [9.17, 15) is 0 Å². The molecule has 1 aliphatic rings. The van der Waals surface area contributed by atoms with Gasteiger partial charge in [-0.2, -0.15) is 0 Å². The van der Waals surface area contributed by atoms with Gasteiger partial charge in [-0.3, -0.25) is 0 Å². The summed E-state index contributed by atoms with van der Waals surface area (Å²) in [6.45, 7) is 16.0. The van der Waals surface area contributed by atoms with Gasteiger partial charge >= 0.3 is 0 Å². The summed E-state index contributed by atoms with van der Waals surface area (Å²) >= 11 is 0. The number of hydrogen-bond donors (Lipinski definition) is 0. The van der Waals surface area contributed by atoms with E-state index in [2.05, 4.69) is 32.6 Å². The highest BCUT2D eigenvalue weighted by Crippen LogP contribution is 2.24. The Bertz CT molecular complexity index is 115. The molecule has 0 aromatic heterocycles. The Morgan fingerprint density at radius 3 is 1.88 bits per heavy atom. The first-order valence-corrected chi connectivity index (χ1v) is 6.35. The molecule has 1 aliphatic heterocycles. The SMILES string of the molecule is C.C.CC.CC(C)C1CCCN(C(C)C)C1. The molecule has 0 radical (unpaired) electrons. The van der Waals surface area contributed by atoms with E-state index >= 15 is 0 Å². The first kappa shape index (κ1) is 21.3. The molecule has 0 aromatic rings. The third-order valence-corrected chi connectivity index (χ3v) is 3.16. The molecular weight excluding hydrogens is 194 g/mol. The van der Waals surface area contributed by atoms with E-state index in [0.717, 1.165) is 17.9 Å². The molecule has 0 aliphatic carbocycles. The molecule has 1 rings (SSSR count). The van der Waals surface area contributed by atoms with Crippen molar-refractivity contribution in [2.75, 3.05) is 13.1 Å². The topological polar surface area (TPSA) is 3.24 Å². The van der Waals surface area contributed by atoms with E-state index in [-0.39, 0.29) is 14.9 Å². The van der Waals surface area contributed by atoms with Gasteiger partial charge in [0.2, 0.25) is 0 Å². The van der Waals surface area contributed by atoms with E-state index < -0.39 is 0 Å². The van der Waals surface area contributed by atoms with Crippen LogP contribution in [0.5, 0.6) is 0 Å². The lowest BCUT2D eigenvalue weighted by atomic mass is 9.87. The molecular formula is C15H37N. The Labute approximate surface area is 106 Å². The Morgan fingerprint density at radius 1 is 1.00 bits per heavy atom. The number of nitrogens with zero attached hydrogens (tertiary/aromatic N) is 1. The summed E-state index contributed by atoms with van der Waals surface area (Å²) in [4.78, 5) is 2.62. The largest absolute Gasteiger partial charge is 0.301 e. The second-order valence-electron chi connectivity index (χ2n) is 4.74. The van der Waals surface area contributed by atoms with Gasteiger partial charge in [0.05, 0.1) is 0 Å². The Morgan fingerprint density at radius 2 is 1.50 bits per heavy atom. The number of rotatable bonds is 2. The highest BCUT2D eigenvalue weighted by atomic mass is 15.2. The maximum atomic E-state index is 2.62. The quantitative estimate of drug-likeness (QED) is 0.642. The second kappa shape index (κ2) is 11.4. The fourth-order valence-electron chi connectivity index (χ4n) is 2.05. The second-order valence-corrected chi connectivity index (χ2v) is 4.74. The van der Waals surface area contributed by atoms with E-state index in [1.54, 1.807) is 0 Å². The van der Waals surface area contributed by atoms with Crippen molar-refractivity contribution in [1.82, 2.24) is 4.90 Å². The van der Waals surface area contributed by atoms with Crippen LogP contribution in [0, 0.1) is 11.8 Å². The molecule has 1 fully saturated rings. The molecule has 1 unspecified atom stereocenters. The molecule has 1 heteroatoms. The zero-order valence-corrected chi connectivity index (χ0v) is 11.0. The van der Waals surface area contributed by atoms with Gasteiger partial charge in [-0.25, -0.2) is 0 Å². The molecule has 1 atom stereocenters. The van der Waals surface area contributed by atoms with E-state index in [0.29, 0.717) is 0 Å². The molecule has 0 N–H and O–H groups in total. The molecule has 0 amide bonds. The summed E-state index contributed by atoms with van der Waals surface area (Å²) in [5.41, 5.74) is 0. The predicted molar refractivity (Wildman–Crippen MR) is 79.1 cm³/mol. The van der Waals surface area contributed by atoms with Gasteiger partial charge < -0.3 is 4.90 Å². The third-order valence-electron chi connectivity index (χ3n) is 3.16. The van der Waals surface area contributed by atoms with Crippen LogP contribution in [0.3, 0.4) is 0 Å². The minimum absolute atomic E-state index is 0. The first-order chi connectivity index (χ1) is 6.61. The van der Waals surface area contributed by atoms with Gasteiger partial charge in [0.15, 0.2) is 0 Å². The zero-order valence-electron chi connectivity index (χ0n) is 11.0. The Kier molecular flexibility index (Phi) is 15.2. The smallest absolute Gasteiger partial charge is 0.00387 e. The molecule has 0 bridgehead atoms. The van der Waals surface area contributed by atoms with E-state index in [4.69, 9.17) is 0 Å². The average molecular weight is 231 g/mol. The molecule has 1 nitrogen and oxygen atoms in total. The van der Waals surface area contributed by atoms with Crippen molar-refractivity contribution in [3.8, 4) is 0 Å².